The van der Waals surface area contributed by atoms with Crippen LogP contribution in [0.5, 0.6) is 0 Å². The third-order valence-electron chi connectivity index (χ3n) is 5.37. The van der Waals surface area contributed by atoms with Gasteiger partial charge >= 0.3 is 0 Å². The van der Waals surface area contributed by atoms with Crippen molar-refractivity contribution in [2.75, 3.05) is 11.5 Å². The summed E-state index contributed by atoms with van der Waals surface area (Å²) in [5, 5.41) is 12.5. The summed E-state index contributed by atoms with van der Waals surface area (Å²) in [6.07, 6.45) is 9.52. The molecule has 0 aliphatic rings. The molecule has 0 radical (unpaired) electrons. The second-order valence-electron chi connectivity index (χ2n) is 8.26. The predicted octanol–water partition coefficient (Wildman–Crippen LogP) is 6.92. The molecule has 4 aromatic rings. The van der Waals surface area contributed by atoms with E-state index in [1.54, 1.807) is 18.0 Å². The molecule has 0 spiro atoms. The van der Waals surface area contributed by atoms with E-state index >= 15 is 0 Å². The van der Waals surface area contributed by atoms with Gasteiger partial charge in [0, 0.05) is 40.7 Å². The highest BCUT2D eigenvalue weighted by molar-refractivity contribution is 7.99. The van der Waals surface area contributed by atoms with Crippen molar-refractivity contribution in [2.24, 2.45) is 4.99 Å². The maximum atomic E-state index is 4.97. The first-order valence-electron chi connectivity index (χ1n) is 12.1. The van der Waals surface area contributed by atoms with Gasteiger partial charge in [-0.15, -0.1) is 9.24 Å². The topological polar surface area (TPSA) is 79.5 Å². The van der Waals surface area contributed by atoms with Crippen LogP contribution < -0.4 is 10.6 Å². The number of nitrogens with one attached hydrogen (secondary N) is 2. The number of aryl methyl sites for hydroxylation is 1. The van der Waals surface area contributed by atoms with E-state index < -0.39 is 0 Å². The van der Waals surface area contributed by atoms with Crippen LogP contribution in [-0.2, 0) is 0 Å². The van der Waals surface area contributed by atoms with Gasteiger partial charge in [-0.2, -0.15) is 5.10 Å². The van der Waals surface area contributed by atoms with Crippen LogP contribution in [-0.4, -0.2) is 31.6 Å². The standard InChI is InChI=1S/C27H32N7PS/c1-4-9-24(32-20(5-2)13-15-35)33-27-23(31-21-10-7-6-8-11-21)17-22(18-28-27)36-26-16-19(3)30-25-12-14-29-34(25)26/h5-8,10-12,14,16-18,31H,4,9,13,15,35H2,1-3H3,(H,28,32,33)/b20-5-. The Bertz CT molecular complexity index is 1370. The van der Waals surface area contributed by atoms with Crippen molar-refractivity contribution in [1.29, 1.82) is 0 Å². The summed E-state index contributed by atoms with van der Waals surface area (Å²) >= 11 is 1.60. The first-order chi connectivity index (χ1) is 17.6. The average Bonchev–Trinajstić information content (AvgIpc) is 3.35. The first-order valence-corrected chi connectivity index (χ1v) is 13.7. The van der Waals surface area contributed by atoms with Crippen molar-refractivity contribution in [3.63, 3.8) is 0 Å². The molecule has 1 unspecified atom stereocenters. The van der Waals surface area contributed by atoms with Gasteiger partial charge in [0.25, 0.3) is 0 Å². The van der Waals surface area contributed by atoms with E-state index in [-0.39, 0.29) is 0 Å². The molecule has 3 aromatic heterocycles. The third-order valence-corrected chi connectivity index (χ3v) is 6.61. The highest BCUT2D eigenvalue weighted by atomic mass is 32.2. The zero-order valence-electron chi connectivity index (χ0n) is 20.9. The second kappa shape index (κ2) is 12.7. The van der Waals surface area contributed by atoms with Gasteiger partial charge in [-0.05, 0) is 57.1 Å². The molecule has 0 aliphatic heterocycles. The number of fused-ring (bicyclic) bond motifs is 1. The monoisotopic (exact) mass is 517 g/mol. The second-order valence-corrected chi connectivity index (χ2v) is 9.93. The Morgan fingerprint density at radius 1 is 1.17 bits per heavy atom. The van der Waals surface area contributed by atoms with Crippen LogP contribution in [0.2, 0.25) is 0 Å². The smallest absolute Gasteiger partial charge is 0.177 e. The Morgan fingerprint density at radius 3 is 2.75 bits per heavy atom. The van der Waals surface area contributed by atoms with E-state index in [1.807, 2.05) is 60.1 Å². The van der Waals surface area contributed by atoms with Gasteiger partial charge in [-0.25, -0.2) is 19.5 Å². The molecular formula is C27H32N7PS. The van der Waals surface area contributed by atoms with E-state index in [1.165, 1.54) is 5.70 Å². The maximum Gasteiger partial charge on any atom is 0.177 e. The molecule has 1 atom stereocenters. The Labute approximate surface area is 219 Å². The number of aromatic nitrogens is 4. The number of benzene rings is 1. The molecular weight excluding hydrogens is 485 g/mol. The van der Waals surface area contributed by atoms with Crippen LogP contribution in [0.3, 0.4) is 0 Å². The molecule has 2 N–H and O–H groups in total. The zero-order chi connectivity index (χ0) is 25.3. The number of hydrogen-bond donors (Lipinski definition) is 2. The number of pyridine rings is 1. The minimum atomic E-state index is 0.649. The summed E-state index contributed by atoms with van der Waals surface area (Å²) in [6.45, 7) is 6.20. The quantitative estimate of drug-likeness (QED) is 0.103. The average molecular weight is 518 g/mol. The van der Waals surface area contributed by atoms with Gasteiger partial charge in [0.15, 0.2) is 11.5 Å². The predicted molar refractivity (Wildman–Crippen MR) is 154 cm³/mol. The normalized spacial score (nSPS) is 12.2. The number of anilines is 2. The van der Waals surface area contributed by atoms with E-state index in [4.69, 9.17) is 9.98 Å². The molecule has 3 heterocycles. The van der Waals surface area contributed by atoms with E-state index in [0.717, 1.165) is 63.9 Å². The van der Waals surface area contributed by atoms with Crippen molar-refractivity contribution in [3.05, 3.63) is 78.4 Å². The lowest BCUT2D eigenvalue weighted by molar-refractivity contribution is 0.834. The van der Waals surface area contributed by atoms with Gasteiger partial charge in [0.1, 0.15) is 10.9 Å². The third kappa shape index (κ3) is 6.71. The fourth-order valence-electron chi connectivity index (χ4n) is 3.68. The number of nitrogens with zero attached hydrogens (tertiary/aromatic N) is 5. The molecule has 0 saturated carbocycles. The lowest BCUT2D eigenvalue weighted by atomic mass is 10.2. The summed E-state index contributed by atoms with van der Waals surface area (Å²) in [6, 6.07) is 16.1. The van der Waals surface area contributed by atoms with Crippen LogP contribution in [0.15, 0.2) is 87.6 Å². The molecule has 0 saturated heterocycles. The summed E-state index contributed by atoms with van der Waals surface area (Å²) in [4.78, 5) is 15.3. The van der Waals surface area contributed by atoms with Gasteiger partial charge in [0.2, 0.25) is 0 Å². The molecule has 0 amide bonds. The number of amidine groups is 1. The molecule has 1 aromatic carbocycles. The molecule has 36 heavy (non-hydrogen) atoms. The molecule has 186 valence electrons. The Balaban J connectivity index is 1.71. The Kier molecular flexibility index (Phi) is 9.09. The van der Waals surface area contributed by atoms with Gasteiger partial charge < -0.3 is 10.6 Å². The summed E-state index contributed by atoms with van der Waals surface area (Å²) < 4.78 is 1.85. The summed E-state index contributed by atoms with van der Waals surface area (Å²) in [5.41, 5.74) is 4.77. The van der Waals surface area contributed by atoms with Crippen molar-refractivity contribution in [2.45, 2.75) is 50.0 Å². The fourth-order valence-corrected chi connectivity index (χ4v) is 4.97. The lowest BCUT2D eigenvalue weighted by Crippen LogP contribution is -2.23. The van der Waals surface area contributed by atoms with Crippen LogP contribution in [0, 0.1) is 6.92 Å². The fraction of sp³-hybridized carbons (Fsp3) is 0.259. The Hall–Kier alpha value is -3.22. The minimum absolute atomic E-state index is 0.649. The lowest BCUT2D eigenvalue weighted by Gasteiger charge is -2.15. The van der Waals surface area contributed by atoms with Crippen molar-refractivity contribution < 1.29 is 0 Å². The molecule has 9 heteroatoms. The largest absolute Gasteiger partial charge is 0.352 e. The van der Waals surface area contributed by atoms with Gasteiger partial charge in [0.05, 0.1) is 11.9 Å². The van der Waals surface area contributed by atoms with Crippen LogP contribution >= 0.6 is 21.0 Å². The number of allylic oxidation sites excluding steroid dienone is 2. The zero-order valence-corrected chi connectivity index (χ0v) is 22.9. The van der Waals surface area contributed by atoms with Gasteiger partial charge in [-0.3, -0.25) is 0 Å². The number of hydrogen-bond acceptors (Lipinski definition) is 6. The molecule has 0 aliphatic carbocycles. The van der Waals surface area contributed by atoms with Crippen LogP contribution in [0.4, 0.5) is 17.2 Å². The number of rotatable bonds is 10. The van der Waals surface area contributed by atoms with Gasteiger partial charge in [-0.1, -0.05) is 43.0 Å². The first kappa shape index (κ1) is 25.9. The maximum absolute atomic E-state index is 4.97. The van der Waals surface area contributed by atoms with Crippen LogP contribution in [0.1, 0.15) is 38.8 Å². The van der Waals surface area contributed by atoms with Crippen LogP contribution in [0.25, 0.3) is 5.65 Å². The highest BCUT2D eigenvalue weighted by Crippen LogP contribution is 2.34. The summed E-state index contributed by atoms with van der Waals surface area (Å²) in [7, 11) is 2.78. The summed E-state index contributed by atoms with van der Waals surface area (Å²) in [5.74, 6) is 1.56. The molecule has 0 bridgehead atoms. The molecule has 4 rings (SSSR count). The minimum Gasteiger partial charge on any atom is -0.352 e. The number of aliphatic imine (C=N–C) groups is 1. The van der Waals surface area contributed by atoms with Crippen molar-refractivity contribution in [1.82, 2.24) is 24.9 Å². The van der Waals surface area contributed by atoms with Crippen molar-refractivity contribution in [3.8, 4) is 0 Å². The Morgan fingerprint density at radius 2 is 2.00 bits per heavy atom. The molecule has 7 nitrogen and oxygen atoms in total. The van der Waals surface area contributed by atoms with Crippen molar-refractivity contribution >= 4 is 49.7 Å². The highest BCUT2D eigenvalue weighted by Gasteiger charge is 2.12. The van der Waals surface area contributed by atoms with E-state index in [0.29, 0.717) is 5.82 Å². The van der Waals surface area contributed by atoms with E-state index in [2.05, 4.69) is 55.9 Å². The van der Waals surface area contributed by atoms with E-state index in [9.17, 15) is 0 Å². The SMILES string of the molecule is C/C=C(/CCP)N/C(CCC)=N/c1ncc(Sc2cc(C)nc3ccnn23)cc1Nc1ccccc1. The number of para-hydroxylation sites is 1. The molecule has 0 fully saturated rings.